The summed E-state index contributed by atoms with van der Waals surface area (Å²) >= 11 is 0. The lowest BCUT2D eigenvalue weighted by Gasteiger charge is -2.15. The minimum atomic E-state index is -3.59. The summed E-state index contributed by atoms with van der Waals surface area (Å²) in [5, 5.41) is 15.5. The monoisotopic (exact) mass is 381 g/mol. The summed E-state index contributed by atoms with van der Waals surface area (Å²) in [4.78, 5) is 20.1. The Kier molecular flexibility index (Phi) is 5.78. The van der Waals surface area contributed by atoms with Crippen LogP contribution in [0.5, 0.6) is 17.2 Å². The van der Waals surface area contributed by atoms with E-state index in [0.29, 0.717) is 5.56 Å². The van der Waals surface area contributed by atoms with Gasteiger partial charge in [-0.1, -0.05) is 0 Å². The van der Waals surface area contributed by atoms with Crippen molar-refractivity contribution in [3.8, 4) is 28.6 Å². The van der Waals surface area contributed by atoms with E-state index in [1.54, 1.807) is 0 Å². The summed E-state index contributed by atoms with van der Waals surface area (Å²) in [6.07, 6.45) is 3.00. The summed E-state index contributed by atoms with van der Waals surface area (Å²) in [5.74, 6) is -0.480. The minimum Gasteiger partial charge on any atom is -0.506 e. The van der Waals surface area contributed by atoms with E-state index in [9.17, 15) is 18.3 Å². The molecule has 10 heteroatoms. The van der Waals surface area contributed by atoms with Crippen molar-refractivity contribution in [1.82, 2.24) is 9.97 Å². The van der Waals surface area contributed by atoms with Gasteiger partial charge in [0.1, 0.15) is 28.4 Å². The van der Waals surface area contributed by atoms with E-state index in [4.69, 9.17) is 14.6 Å². The molecule has 0 bridgehead atoms. The second-order valence-corrected chi connectivity index (χ2v) is 7.20. The van der Waals surface area contributed by atoms with E-state index in [0.717, 1.165) is 0 Å². The highest BCUT2D eigenvalue weighted by atomic mass is 32.2. The van der Waals surface area contributed by atoms with Gasteiger partial charge in [-0.3, -0.25) is 4.79 Å². The molecule has 9 nitrogen and oxygen atoms in total. The number of Topliss-reactive ketones (excluding diaryl/α,β-unsaturated/α-hetero) is 1. The molecule has 0 amide bonds. The molecule has 140 valence electrons. The Bertz CT molecular complexity index is 926. The van der Waals surface area contributed by atoms with Gasteiger partial charge in [0.05, 0.1) is 20.0 Å². The number of nitrogens with zero attached hydrogens (tertiary/aromatic N) is 2. The molecular weight excluding hydrogens is 362 g/mol. The second kappa shape index (κ2) is 7.67. The number of ether oxygens (including phenoxy) is 2. The maximum atomic E-state index is 11.9. The summed E-state index contributed by atoms with van der Waals surface area (Å²) in [6, 6.07) is 1.46. The molecule has 1 heterocycles. The molecule has 0 spiro atoms. The highest BCUT2D eigenvalue weighted by molar-refractivity contribution is 7.89. The average Bonchev–Trinajstić information content (AvgIpc) is 2.58. The number of aryl methyl sites for hydroxylation is 1. The molecule has 1 aromatic carbocycles. The van der Waals surface area contributed by atoms with Crippen LogP contribution < -0.4 is 14.6 Å². The molecule has 0 unspecified atom stereocenters. The van der Waals surface area contributed by atoms with E-state index in [1.807, 2.05) is 0 Å². The van der Waals surface area contributed by atoms with Crippen LogP contribution in [-0.4, -0.2) is 49.2 Å². The van der Waals surface area contributed by atoms with Gasteiger partial charge in [-0.05, 0) is 18.9 Å². The van der Waals surface area contributed by atoms with Crippen molar-refractivity contribution in [2.75, 3.05) is 20.0 Å². The number of aromatic nitrogens is 2. The molecule has 0 saturated carbocycles. The molecule has 0 radical (unpaired) electrons. The molecule has 2 aromatic rings. The van der Waals surface area contributed by atoms with E-state index >= 15 is 0 Å². The number of hydrogen-bond donors (Lipinski definition) is 2. The van der Waals surface area contributed by atoms with Crippen LogP contribution in [0.15, 0.2) is 18.5 Å². The van der Waals surface area contributed by atoms with Crippen LogP contribution in [0.1, 0.15) is 22.8 Å². The second-order valence-electron chi connectivity index (χ2n) is 5.47. The molecule has 0 atom stereocenters. The lowest BCUT2D eigenvalue weighted by molar-refractivity contribution is 0.101. The number of carbonyl (C=O) groups excluding carboxylic acids is 1. The lowest BCUT2D eigenvalue weighted by Crippen LogP contribution is -2.18. The maximum Gasteiger partial charge on any atom is 0.209 e. The quantitative estimate of drug-likeness (QED) is 0.674. The maximum absolute atomic E-state index is 11.9. The number of benzene rings is 1. The molecule has 3 N–H and O–H groups in total. The first-order valence-electron chi connectivity index (χ1n) is 7.48. The highest BCUT2D eigenvalue weighted by Crippen LogP contribution is 2.43. The van der Waals surface area contributed by atoms with Crippen LogP contribution in [0, 0.1) is 0 Å². The molecule has 26 heavy (non-hydrogen) atoms. The molecule has 0 aliphatic heterocycles. The number of phenols is 1. The predicted octanol–water partition coefficient (Wildman–Crippen LogP) is 0.900. The molecule has 0 saturated heterocycles. The van der Waals surface area contributed by atoms with Crippen molar-refractivity contribution < 1.29 is 27.8 Å². The van der Waals surface area contributed by atoms with Gasteiger partial charge >= 0.3 is 0 Å². The fourth-order valence-corrected chi connectivity index (χ4v) is 2.89. The number of aromatic hydroxyl groups is 1. The van der Waals surface area contributed by atoms with Gasteiger partial charge in [-0.2, -0.15) is 0 Å². The SMILES string of the molecule is COc1cc(OC)c(-c2ncc(CCS(N)(=O)=O)cn2)c(O)c1C(C)=O. The first-order chi connectivity index (χ1) is 12.2. The Morgan fingerprint density at radius 1 is 1.19 bits per heavy atom. The first kappa shape index (κ1) is 19.6. The number of methoxy groups -OCH3 is 2. The van der Waals surface area contributed by atoms with Crippen molar-refractivity contribution in [2.24, 2.45) is 5.14 Å². The van der Waals surface area contributed by atoms with E-state index < -0.39 is 15.8 Å². The van der Waals surface area contributed by atoms with Crippen molar-refractivity contribution in [2.45, 2.75) is 13.3 Å². The summed E-state index contributed by atoms with van der Waals surface area (Å²) in [7, 11) is -0.825. The van der Waals surface area contributed by atoms with Crippen molar-refractivity contribution >= 4 is 15.8 Å². The predicted molar refractivity (Wildman–Crippen MR) is 93.9 cm³/mol. The van der Waals surface area contributed by atoms with Gasteiger partial charge in [0, 0.05) is 18.5 Å². The molecule has 0 aliphatic rings. The average molecular weight is 381 g/mol. The van der Waals surface area contributed by atoms with Crippen molar-refractivity contribution in [3.05, 3.63) is 29.6 Å². The minimum absolute atomic E-state index is 0.00907. The molecule has 0 fully saturated rings. The Morgan fingerprint density at radius 2 is 1.77 bits per heavy atom. The van der Waals surface area contributed by atoms with Crippen LogP contribution in [0.2, 0.25) is 0 Å². The van der Waals surface area contributed by atoms with Crippen molar-refractivity contribution in [1.29, 1.82) is 0 Å². The van der Waals surface area contributed by atoms with Crippen LogP contribution in [0.4, 0.5) is 0 Å². The Morgan fingerprint density at radius 3 is 2.23 bits per heavy atom. The third-order valence-electron chi connectivity index (χ3n) is 3.62. The van der Waals surface area contributed by atoms with Gasteiger partial charge in [0.2, 0.25) is 10.0 Å². The molecular formula is C16H19N3O6S. The van der Waals surface area contributed by atoms with Gasteiger partial charge in [0.25, 0.3) is 0 Å². The van der Waals surface area contributed by atoms with Crippen molar-refractivity contribution in [3.63, 3.8) is 0 Å². The smallest absolute Gasteiger partial charge is 0.209 e. The number of primary sulfonamides is 1. The number of ketones is 1. The Hall–Kier alpha value is -2.72. The van der Waals surface area contributed by atoms with Crippen LogP contribution >= 0.6 is 0 Å². The lowest BCUT2D eigenvalue weighted by atomic mass is 10.0. The van der Waals surface area contributed by atoms with E-state index in [1.165, 1.54) is 39.6 Å². The van der Waals surface area contributed by atoms with Crippen LogP contribution in [-0.2, 0) is 16.4 Å². The van der Waals surface area contributed by atoms with E-state index in [-0.39, 0.29) is 46.4 Å². The number of carbonyl (C=O) groups is 1. The fraction of sp³-hybridized carbons (Fsp3) is 0.312. The van der Waals surface area contributed by atoms with Gasteiger partial charge in [-0.15, -0.1) is 0 Å². The number of sulfonamides is 1. The zero-order valence-corrected chi connectivity index (χ0v) is 15.3. The van der Waals surface area contributed by atoms with Gasteiger partial charge in [-0.25, -0.2) is 23.5 Å². The number of phenolic OH excluding ortho intramolecular Hbond substituents is 1. The van der Waals surface area contributed by atoms with E-state index in [2.05, 4.69) is 9.97 Å². The first-order valence-corrected chi connectivity index (χ1v) is 9.20. The van der Waals surface area contributed by atoms with Crippen LogP contribution in [0.3, 0.4) is 0 Å². The third-order valence-corrected chi connectivity index (χ3v) is 4.40. The highest BCUT2D eigenvalue weighted by Gasteiger charge is 2.24. The number of rotatable bonds is 7. The standard InChI is InChI=1S/C16H19N3O6S/c1-9(20)13-11(24-2)6-12(25-3)14(15(13)21)16-18-7-10(8-19-16)4-5-26(17,22)23/h6-8,21H,4-5H2,1-3H3,(H2,17,22,23). The topological polar surface area (TPSA) is 142 Å². The Balaban J connectivity index is 2.50. The normalized spacial score (nSPS) is 11.2. The third kappa shape index (κ3) is 4.27. The fourth-order valence-electron chi connectivity index (χ4n) is 2.37. The summed E-state index contributed by atoms with van der Waals surface area (Å²) in [5.41, 5.74) is 0.684. The molecule has 2 rings (SSSR count). The molecule has 0 aliphatic carbocycles. The number of hydrogen-bond acceptors (Lipinski definition) is 8. The van der Waals surface area contributed by atoms with Gasteiger partial charge < -0.3 is 14.6 Å². The largest absolute Gasteiger partial charge is 0.506 e. The zero-order chi connectivity index (χ0) is 19.5. The van der Waals surface area contributed by atoms with Gasteiger partial charge in [0.15, 0.2) is 11.6 Å². The Labute approximate surface area is 150 Å². The molecule has 1 aromatic heterocycles. The summed E-state index contributed by atoms with van der Waals surface area (Å²) in [6.45, 7) is 1.30. The zero-order valence-electron chi connectivity index (χ0n) is 14.5. The van der Waals surface area contributed by atoms with Crippen LogP contribution in [0.25, 0.3) is 11.4 Å². The summed E-state index contributed by atoms with van der Waals surface area (Å²) < 4.78 is 32.4. The number of nitrogens with two attached hydrogens (primary N) is 1.